The molecule has 0 aliphatic heterocycles. The maximum Gasteiger partial charge on any atom is 0.109 e. The van der Waals surface area contributed by atoms with Crippen molar-refractivity contribution in [3.8, 4) is 6.07 Å². The molecular weight excluding hydrogens is 276 g/mol. The first-order valence-corrected chi connectivity index (χ1v) is 9.11. The number of hydrogen-bond acceptors (Lipinski definition) is 3. The molecule has 2 nitrogen and oxygen atoms in total. The standard InChI is InChI=1S/C18H24N2S/c1-20-18(13-19)10-3-6-16(18)9-11-21-17-8-7-14-4-2-5-15(14)12-17/h7-8,12,16,20H,2-6,9-11H2,1H3. The Morgan fingerprint density at radius 1 is 1.33 bits per heavy atom. The van der Waals surface area contributed by atoms with E-state index in [2.05, 4.69) is 29.6 Å². The van der Waals surface area contributed by atoms with E-state index in [1.165, 1.54) is 37.0 Å². The Morgan fingerprint density at radius 3 is 3.00 bits per heavy atom. The van der Waals surface area contributed by atoms with Gasteiger partial charge in [0.25, 0.3) is 0 Å². The van der Waals surface area contributed by atoms with Crippen molar-refractivity contribution >= 4 is 11.8 Å². The van der Waals surface area contributed by atoms with Gasteiger partial charge in [0.05, 0.1) is 6.07 Å². The highest BCUT2D eigenvalue weighted by Crippen LogP contribution is 2.38. The molecule has 2 unspecified atom stereocenters. The third-order valence-electron chi connectivity index (χ3n) is 5.27. The second kappa shape index (κ2) is 6.42. The summed E-state index contributed by atoms with van der Waals surface area (Å²) in [6.45, 7) is 0. The van der Waals surface area contributed by atoms with E-state index >= 15 is 0 Å². The summed E-state index contributed by atoms with van der Waals surface area (Å²) < 4.78 is 0. The van der Waals surface area contributed by atoms with Crippen LogP contribution in [0.2, 0.25) is 0 Å². The average Bonchev–Trinajstić information content (AvgIpc) is 3.13. The maximum absolute atomic E-state index is 9.49. The number of rotatable bonds is 5. The van der Waals surface area contributed by atoms with Gasteiger partial charge in [-0.25, -0.2) is 0 Å². The highest BCUT2D eigenvalue weighted by molar-refractivity contribution is 7.99. The van der Waals surface area contributed by atoms with Crippen molar-refractivity contribution in [2.75, 3.05) is 12.8 Å². The third-order valence-corrected chi connectivity index (χ3v) is 6.30. The highest BCUT2D eigenvalue weighted by Gasteiger charge is 2.41. The first-order valence-electron chi connectivity index (χ1n) is 8.12. The smallest absolute Gasteiger partial charge is 0.109 e. The molecule has 3 rings (SSSR count). The summed E-state index contributed by atoms with van der Waals surface area (Å²) in [5.74, 6) is 1.63. The highest BCUT2D eigenvalue weighted by atomic mass is 32.2. The minimum Gasteiger partial charge on any atom is -0.302 e. The van der Waals surface area contributed by atoms with E-state index in [0.29, 0.717) is 5.92 Å². The first-order chi connectivity index (χ1) is 10.3. The quantitative estimate of drug-likeness (QED) is 0.837. The van der Waals surface area contributed by atoms with Crippen molar-refractivity contribution in [1.29, 1.82) is 5.26 Å². The summed E-state index contributed by atoms with van der Waals surface area (Å²) in [4.78, 5) is 1.40. The van der Waals surface area contributed by atoms with Crippen molar-refractivity contribution in [1.82, 2.24) is 5.32 Å². The van der Waals surface area contributed by atoms with Crippen LogP contribution in [0.3, 0.4) is 0 Å². The zero-order valence-electron chi connectivity index (χ0n) is 12.8. The van der Waals surface area contributed by atoms with Crippen LogP contribution in [0.1, 0.15) is 43.2 Å². The summed E-state index contributed by atoms with van der Waals surface area (Å²) in [5, 5.41) is 12.8. The lowest BCUT2D eigenvalue weighted by Crippen LogP contribution is -2.44. The van der Waals surface area contributed by atoms with Crippen LogP contribution in [0, 0.1) is 17.2 Å². The number of benzene rings is 1. The van der Waals surface area contributed by atoms with Crippen LogP contribution < -0.4 is 5.32 Å². The Morgan fingerprint density at radius 2 is 2.19 bits per heavy atom. The van der Waals surface area contributed by atoms with Crippen molar-refractivity contribution in [2.24, 2.45) is 5.92 Å². The summed E-state index contributed by atoms with van der Waals surface area (Å²) in [7, 11) is 1.94. The second-order valence-corrected chi connectivity index (χ2v) is 7.51. The fourth-order valence-electron chi connectivity index (χ4n) is 3.96. The second-order valence-electron chi connectivity index (χ2n) is 6.34. The van der Waals surface area contributed by atoms with E-state index in [0.717, 1.165) is 18.6 Å². The molecule has 1 saturated carbocycles. The summed E-state index contributed by atoms with van der Waals surface area (Å²) in [5.41, 5.74) is 2.84. The molecule has 1 N–H and O–H groups in total. The molecule has 1 fully saturated rings. The minimum atomic E-state index is -0.265. The van der Waals surface area contributed by atoms with Gasteiger partial charge in [0.1, 0.15) is 5.54 Å². The van der Waals surface area contributed by atoms with Crippen molar-refractivity contribution in [3.63, 3.8) is 0 Å². The van der Waals surface area contributed by atoms with Crippen LogP contribution in [-0.2, 0) is 12.8 Å². The number of nitriles is 1. The fourth-order valence-corrected chi connectivity index (χ4v) is 4.99. The predicted molar refractivity (Wildman–Crippen MR) is 88.6 cm³/mol. The molecule has 21 heavy (non-hydrogen) atoms. The van der Waals surface area contributed by atoms with Gasteiger partial charge in [-0.1, -0.05) is 12.5 Å². The fraction of sp³-hybridized carbons (Fsp3) is 0.611. The van der Waals surface area contributed by atoms with Crippen LogP contribution in [0.5, 0.6) is 0 Å². The average molecular weight is 300 g/mol. The summed E-state index contributed by atoms with van der Waals surface area (Å²) >= 11 is 1.96. The molecule has 0 bridgehead atoms. The lowest BCUT2D eigenvalue weighted by Gasteiger charge is -2.28. The van der Waals surface area contributed by atoms with Crippen LogP contribution in [0.25, 0.3) is 0 Å². The number of thioether (sulfide) groups is 1. The normalized spacial score (nSPS) is 27.5. The van der Waals surface area contributed by atoms with E-state index in [4.69, 9.17) is 0 Å². The van der Waals surface area contributed by atoms with Crippen LogP contribution >= 0.6 is 11.8 Å². The van der Waals surface area contributed by atoms with Crippen LogP contribution in [-0.4, -0.2) is 18.3 Å². The van der Waals surface area contributed by atoms with E-state index in [1.54, 1.807) is 11.1 Å². The Labute approximate surface area is 132 Å². The number of aryl methyl sites for hydroxylation is 2. The van der Waals surface area contributed by atoms with Crippen molar-refractivity contribution in [2.45, 2.75) is 55.4 Å². The zero-order valence-corrected chi connectivity index (χ0v) is 13.6. The molecule has 1 aromatic carbocycles. The monoisotopic (exact) mass is 300 g/mol. The van der Waals surface area contributed by atoms with Crippen molar-refractivity contribution < 1.29 is 0 Å². The number of nitrogens with one attached hydrogen (secondary N) is 1. The predicted octanol–water partition coefficient (Wildman–Crippen LogP) is 3.94. The zero-order chi connectivity index (χ0) is 14.7. The van der Waals surface area contributed by atoms with Gasteiger partial charge in [-0.05, 0) is 80.5 Å². The van der Waals surface area contributed by atoms with Gasteiger partial charge in [0, 0.05) is 4.90 Å². The van der Waals surface area contributed by atoms with Crippen LogP contribution in [0.15, 0.2) is 23.1 Å². The molecule has 0 aromatic heterocycles. The van der Waals surface area contributed by atoms with Gasteiger partial charge in [0.2, 0.25) is 0 Å². The largest absolute Gasteiger partial charge is 0.302 e. The summed E-state index contributed by atoms with van der Waals surface area (Å²) in [6.07, 6.45) is 8.35. The van der Waals surface area contributed by atoms with E-state index in [-0.39, 0.29) is 5.54 Å². The Bertz CT molecular complexity index is 549. The number of hydrogen-bond donors (Lipinski definition) is 1. The first kappa shape index (κ1) is 14.9. The molecule has 2 aliphatic rings. The molecule has 0 heterocycles. The van der Waals surface area contributed by atoms with Gasteiger partial charge >= 0.3 is 0 Å². The number of nitrogens with zero attached hydrogens (tertiary/aromatic N) is 1. The van der Waals surface area contributed by atoms with Gasteiger partial charge in [0.15, 0.2) is 0 Å². The van der Waals surface area contributed by atoms with Gasteiger partial charge in [-0.2, -0.15) is 5.26 Å². The number of fused-ring (bicyclic) bond motifs is 1. The molecule has 2 aliphatic carbocycles. The Hall–Kier alpha value is -0.980. The lowest BCUT2D eigenvalue weighted by molar-refractivity contribution is 0.332. The van der Waals surface area contributed by atoms with Gasteiger partial charge in [-0.15, -0.1) is 11.8 Å². The molecule has 0 radical (unpaired) electrons. The maximum atomic E-state index is 9.49. The van der Waals surface area contributed by atoms with Gasteiger partial charge in [-0.3, -0.25) is 0 Å². The van der Waals surface area contributed by atoms with Crippen molar-refractivity contribution in [3.05, 3.63) is 29.3 Å². The molecule has 3 heteroatoms. The Balaban J connectivity index is 1.55. The van der Waals surface area contributed by atoms with E-state index in [1.807, 2.05) is 18.8 Å². The topological polar surface area (TPSA) is 35.8 Å². The van der Waals surface area contributed by atoms with Crippen LogP contribution in [0.4, 0.5) is 0 Å². The molecule has 0 amide bonds. The minimum absolute atomic E-state index is 0.265. The molecular formula is C18H24N2S. The molecule has 0 saturated heterocycles. The Kier molecular flexibility index (Phi) is 4.57. The summed E-state index contributed by atoms with van der Waals surface area (Å²) in [6, 6.07) is 9.52. The SMILES string of the molecule is CNC1(C#N)CCCC1CCSc1ccc2c(c1)CCC2. The van der Waals surface area contributed by atoms with E-state index < -0.39 is 0 Å². The lowest BCUT2D eigenvalue weighted by atomic mass is 9.87. The van der Waals surface area contributed by atoms with Gasteiger partial charge < -0.3 is 5.32 Å². The molecule has 112 valence electrons. The third kappa shape index (κ3) is 2.98. The molecule has 1 aromatic rings. The molecule has 2 atom stereocenters. The molecule has 0 spiro atoms. The van der Waals surface area contributed by atoms with E-state index in [9.17, 15) is 5.26 Å².